The number of aromatic nitrogens is 1. The number of aryl methyl sites for hydroxylation is 1. The van der Waals surface area contributed by atoms with Crippen molar-refractivity contribution in [2.75, 3.05) is 0 Å². The Labute approximate surface area is 158 Å². The second kappa shape index (κ2) is 8.15. The zero-order chi connectivity index (χ0) is 19.2. The van der Waals surface area contributed by atoms with Gasteiger partial charge in [0.15, 0.2) is 5.92 Å². The van der Waals surface area contributed by atoms with Gasteiger partial charge in [-0.3, -0.25) is 4.79 Å². The van der Waals surface area contributed by atoms with Crippen LogP contribution in [0.15, 0.2) is 71.8 Å². The van der Waals surface area contributed by atoms with Crippen molar-refractivity contribution < 1.29 is 4.79 Å². The number of amides is 1. The summed E-state index contributed by atoms with van der Waals surface area (Å²) >= 11 is 0. The third-order valence-corrected chi connectivity index (χ3v) is 4.39. The van der Waals surface area contributed by atoms with E-state index in [1.54, 1.807) is 30.5 Å². The van der Waals surface area contributed by atoms with Crippen LogP contribution in [0.5, 0.6) is 0 Å². The van der Waals surface area contributed by atoms with Gasteiger partial charge in [-0.25, -0.2) is 5.43 Å². The fourth-order valence-corrected chi connectivity index (χ4v) is 3.05. The smallest absolute Gasteiger partial charge is 0.261 e. The van der Waals surface area contributed by atoms with Crippen molar-refractivity contribution in [3.63, 3.8) is 0 Å². The molecule has 0 saturated carbocycles. The van der Waals surface area contributed by atoms with Crippen LogP contribution in [0.3, 0.4) is 0 Å². The average Bonchev–Trinajstić information content (AvgIpc) is 2.97. The van der Waals surface area contributed by atoms with Gasteiger partial charge in [0, 0.05) is 22.6 Å². The van der Waals surface area contributed by atoms with Crippen LogP contribution < -0.4 is 5.43 Å². The Morgan fingerprint density at radius 2 is 1.74 bits per heavy atom. The lowest BCUT2D eigenvalue weighted by Crippen LogP contribution is -2.24. The van der Waals surface area contributed by atoms with Crippen molar-refractivity contribution in [1.29, 1.82) is 5.26 Å². The zero-order valence-corrected chi connectivity index (χ0v) is 15.3. The van der Waals surface area contributed by atoms with Gasteiger partial charge < -0.3 is 4.57 Å². The van der Waals surface area contributed by atoms with Crippen molar-refractivity contribution in [2.45, 2.75) is 19.8 Å². The standard InChI is InChI=1S/C22H20N4O/c1-16-13-19(17(2)26(16)20-11-7-4-8-12-20)15-24-25-22(27)21(14-23)18-9-5-3-6-10-18/h3-13,15,21H,1-2H3,(H,25,27)/b24-15-/t21-/m1/s1. The van der Waals surface area contributed by atoms with Gasteiger partial charge in [0.25, 0.3) is 5.91 Å². The molecule has 0 radical (unpaired) electrons. The third-order valence-electron chi connectivity index (χ3n) is 4.39. The maximum absolute atomic E-state index is 12.3. The number of rotatable bonds is 5. The Bertz CT molecular complexity index is 998. The SMILES string of the molecule is Cc1cc(/C=N\NC(=O)[C@H](C#N)c2ccccc2)c(C)n1-c1ccccc1. The predicted octanol–water partition coefficient (Wildman–Crippen LogP) is 3.85. The third kappa shape index (κ3) is 3.96. The van der Waals surface area contributed by atoms with Crippen LogP contribution >= 0.6 is 0 Å². The molecule has 0 aliphatic heterocycles. The molecule has 0 aliphatic rings. The first-order valence-corrected chi connectivity index (χ1v) is 8.63. The number of hydrazone groups is 1. The summed E-state index contributed by atoms with van der Waals surface area (Å²) in [6.07, 6.45) is 1.61. The van der Waals surface area contributed by atoms with Gasteiger partial charge in [0.1, 0.15) is 0 Å². The molecule has 1 aromatic heterocycles. The Hall–Kier alpha value is -3.65. The summed E-state index contributed by atoms with van der Waals surface area (Å²) in [6.45, 7) is 4.03. The zero-order valence-electron chi connectivity index (χ0n) is 15.3. The first-order chi connectivity index (χ1) is 13.1. The quantitative estimate of drug-likeness (QED) is 0.557. The van der Waals surface area contributed by atoms with E-state index < -0.39 is 11.8 Å². The minimum Gasteiger partial charge on any atom is -0.318 e. The maximum Gasteiger partial charge on any atom is 0.261 e. The Morgan fingerprint density at radius 1 is 1.11 bits per heavy atom. The number of nitriles is 1. The molecule has 1 amide bonds. The molecule has 0 bridgehead atoms. The molecular formula is C22H20N4O. The number of para-hydroxylation sites is 1. The molecule has 0 aliphatic carbocycles. The number of carbonyl (C=O) groups excluding carboxylic acids is 1. The van der Waals surface area contributed by atoms with Crippen LogP contribution in [-0.4, -0.2) is 16.7 Å². The molecule has 134 valence electrons. The molecule has 0 unspecified atom stereocenters. The minimum atomic E-state index is -0.889. The summed E-state index contributed by atoms with van der Waals surface area (Å²) in [4.78, 5) is 12.3. The summed E-state index contributed by atoms with van der Waals surface area (Å²) in [5.74, 6) is -1.34. The number of carbonyl (C=O) groups is 1. The van der Waals surface area contributed by atoms with Gasteiger partial charge in [-0.1, -0.05) is 48.5 Å². The molecule has 3 aromatic rings. The van der Waals surface area contributed by atoms with E-state index in [2.05, 4.69) is 15.1 Å². The van der Waals surface area contributed by atoms with Gasteiger partial charge in [0.05, 0.1) is 12.3 Å². The lowest BCUT2D eigenvalue weighted by Gasteiger charge is -2.09. The number of hydrogen-bond acceptors (Lipinski definition) is 3. The lowest BCUT2D eigenvalue weighted by atomic mass is 10.0. The molecular weight excluding hydrogens is 336 g/mol. The van der Waals surface area contributed by atoms with Gasteiger partial charge >= 0.3 is 0 Å². The fraction of sp³-hybridized carbons (Fsp3) is 0.136. The summed E-state index contributed by atoms with van der Waals surface area (Å²) in [6, 6.07) is 23.0. The molecule has 5 heteroatoms. The molecule has 0 fully saturated rings. The molecule has 27 heavy (non-hydrogen) atoms. The van der Waals surface area contributed by atoms with Crippen LogP contribution in [0.1, 0.15) is 28.4 Å². The van der Waals surface area contributed by atoms with Crippen molar-refractivity contribution in [2.24, 2.45) is 5.10 Å². The van der Waals surface area contributed by atoms with Crippen LogP contribution in [0, 0.1) is 25.2 Å². The van der Waals surface area contributed by atoms with E-state index >= 15 is 0 Å². The van der Waals surface area contributed by atoms with Crippen molar-refractivity contribution in [3.8, 4) is 11.8 Å². The van der Waals surface area contributed by atoms with Crippen LogP contribution in [-0.2, 0) is 4.79 Å². The highest BCUT2D eigenvalue weighted by Crippen LogP contribution is 2.19. The number of hydrogen-bond donors (Lipinski definition) is 1. The van der Waals surface area contributed by atoms with Gasteiger partial charge in [0.2, 0.25) is 0 Å². The highest BCUT2D eigenvalue weighted by atomic mass is 16.2. The average molecular weight is 356 g/mol. The second-order valence-corrected chi connectivity index (χ2v) is 6.20. The Morgan fingerprint density at radius 3 is 2.37 bits per heavy atom. The predicted molar refractivity (Wildman–Crippen MR) is 106 cm³/mol. The van der Waals surface area contributed by atoms with E-state index in [1.165, 1.54) is 0 Å². The van der Waals surface area contributed by atoms with Crippen molar-refractivity contribution >= 4 is 12.1 Å². The normalized spacial score (nSPS) is 11.9. The number of benzene rings is 2. The molecule has 0 saturated heterocycles. The van der Waals surface area contributed by atoms with Gasteiger partial charge in [-0.05, 0) is 37.6 Å². The van der Waals surface area contributed by atoms with E-state index in [0.717, 1.165) is 22.6 Å². The van der Waals surface area contributed by atoms with Crippen LogP contribution in [0.25, 0.3) is 5.69 Å². The monoisotopic (exact) mass is 356 g/mol. The van der Waals surface area contributed by atoms with Crippen molar-refractivity contribution in [3.05, 3.63) is 89.2 Å². The molecule has 5 nitrogen and oxygen atoms in total. The van der Waals surface area contributed by atoms with E-state index in [1.807, 2.05) is 62.4 Å². The molecule has 1 heterocycles. The number of nitrogens with one attached hydrogen (secondary N) is 1. The molecule has 0 spiro atoms. The van der Waals surface area contributed by atoms with Gasteiger partial charge in [-0.2, -0.15) is 10.4 Å². The van der Waals surface area contributed by atoms with Crippen LogP contribution in [0.4, 0.5) is 0 Å². The topological polar surface area (TPSA) is 70.2 Å². The maximum atomic E-state index is 12.3. The molecule has 2 aromatic carbocycles. The van der Waals surface area contributed by atoms with Gasteiger partial charge in [-0.15, -0.1) is 0 Å². The van der Waals surface area contributed by atoms with E-state index in [9.17, 15) is 10.1 Å². The summed E-state index contributed by atoms with van der Waals surface area (Å²) in [5, 5.41) is 13.4. The fourth-order valence-electron chi connectivity index (χ4n) is 3.05. The lowest BCUT2D eigenvalue weighted by molar-refractivity contribution is -0.121. The highest BCUT2D eigenvalue weighted by Gasteiger charge is 2.19. The van der Waals surface area contributed by atoms with E-state index in [-0.39, 0.29) is 0 Å². The Balaban J connectivity index is 1.76. The molecule has 1 atom stereocenters. The number of nitrogens with zero attached hydrogens (tertiary/aromatic N) is 3. The largest absolute Gasteiger partial charge is 0.318 e. The first kappa shape index (κ1) is 18.2. The van der Waals surface area contributed by atoms with Crippen molar-refractivity contribution in [1.82, 2.24) is 9.99 Å². The highest BCUT2D eigenvalue weighted by molar-refractivity contribution is 5.88. The van der Waals surface area contributed by atoms with E-state index in [0.29, 0.717) is 5.56 Å². The molecule has 3 rings (SSSR count). The summed E-state index contributed by atoms with van der Waals surface area (Å²) in [5.41, 5.74) is 7.20. The molecule has 1 N–H and O–H groups in total. The van der Waals surface area contributed by atoms with Crippen LogP contribution in [0.2, 0.25) is 0 Å². The van der Waals surface area contributed by atoms with E-state index in [4.69, 9.17) is 0 Å². The second-order valence-electron chi connectivity index (χ2n) is 6.20. The first-order valence-electron chi connectivity index (χ1n) is 8.63. The summed E-state index contributed by atoms with van der Waals surface area (Å²) < 4.78 is 2.13. The summed E-state index contributed by atoms with van der Waals surface area (Å²) in [7, 11) is 0. The Kier molecular flexibility index (Phi) is 5.48. The minimum absolute atomic E-state index is 0.447.